The highest BCUT2D eigenvalue weighted by Crippen LogP contribution is 2.18. The Hall–Kier alpha value is -0.620. The lowest BCUT2D eigenvalue weighted by Gasteiger charge is -2.27. The number of rotatable bonds is 5. The summed E-state index contributed by atoms with van der Waals surface area (Å²) in [5.74, 6) is -0.754. The van der Waals surface area contributed by atoms with Crippen molar-refractivity contribution >= 4 is 16.0 Å². The minimum Gasteiger partial charge on any atom is -0.459 e. The predicted molar refractivity (Wildman–Crippen MR) is 80.8 cm³/mol. The van der Waals surface area contributed by atoms with Crippen molar-refractivity contribution in [3.05, 3.63) is 0 Å². The number of hydrogen-bond donors (Lipinski definition) is 1. The first kappa shape index (κ1) is 19.4. The fraction of sp³-hybridized carbons (Fsp3) is 0.929. The molecule has 0 bridgehead atoms. The molecule has 0 aromatic heterocycles. The van der Waals surface area contributed by atoms with Crippen LogP contribution in [0.5, 0.6) is 0 Å². The normalized spacial score (nSPS) is 15.2. The molecule has 1 atom stereocenters. The fourth-order valence-electron chi connectivity index (χ4n) is 1.63. The highest BCUT2D eigenvalue weighted by atomic mass is 32.2. The molecule has 0 radical (unpaired) electrons. The van der Waals surface area contributed by atoms with E-state index in [1.54, 1.807) is 34.6 Å². The maximum Gasteiger partial charge on any atom is 0.324 e. The lowest BCUT2D eigenvalue weighted by Crippen LogP contribution is -2.48. The molecule has 120 valence electrons. The summed E-state index contributed by atoms with van der Waals surface area (Å²) in [6.07, 6.45) is 0. The first-order valence-corrected chi connectivity index (χ1v) is 8.51. The van der Waals surface area contributed by atoms with Crippen LogP contribution in [0.4, 0.5) is 0 Å². The fourth-order valence-corrected chi connectivity index (χ4v) is 3.61. The largest absolute Gasteiger partial charge is 0.459 e. The SMILES string of the molecule is CC(C)[C@H](NS(=O)(=O)CC(C)(C)C)C(=O)OC(C)(C)C. The van der Waals surface area contributed by atoms with Crippen LogP contribution in [0.1, 0.15) is 55.4 Å². The third kappa shape index (κ3) is 8.53. The summed E-state index contributed by atoms with van der Waals surface area (Å²) < 4.78 is 32.0. The molecule has 0 aliphatic heterocycles. The number of carbonyl (C=O) groups is 1. The van der Waals surface area contributed by atoms with Gasteiger partial charge >= 0.3 is 5.97 Å². The molecule has 0 saturated heterocycles. The lowest BCUT2D eigenvalue weighted by molar-refractivity contribution is -0.158. The average molecular weight is 307 g/mol. The van der Waals surface area contributed by atoms with Gasteiger partial charge in [0, 0.05) is 0 Å². The lowest BCUT2D eigenvalue weighted by atomic mass is 10.0. The molecule has 20 heavy (non-hydrogen) atoms. The Bertz CT molecular complexity index is 427. The first-order valence-electron chi connectivity index (χ1n) is 6.86. The van der Waals surface area contributed by atoms with E-state index in [-0.39, 0.29) is 17.1 Å². The van der Waals surface area contributed by atoms with Crippen molar-refractivity contribution in [3.63, 3.8) is 0 Å². The van der Waals surface area contributed by atoms with Crippen LogP contribution in [-0.4, -0.2) is 31.8 Å². The van der Waals surface area contributed by atoms with Crippen LogP contribution in [0.3, 0.4) is 0 Å². The van der Waals surface area contributed by atoms with Gasteiger partial charge in [-0.1, -0.05) is 34.6 Å². The van der Waals surface area contributed by atoms with E-state index in [4.69, 9.17) is 4.74 Å². The Balaban J connectivity index is 5.01. The Morgan fingerprint density at radius 1 is 1.10 bits per heavy atom. The molecule has 0 fully saturated rings. The monoisotopic (exact) mass is 307 g/mol. The van der Waals surface area contributed by atoms with Gasteiger partial charge < -0.3 is 4.74 Å². The van der Waals surface area contributed by atoms with Crippen LogP contribution in [0.15, 0.2) is 0 Å². The molecule has 0 aromatic carbocycles. The third-order valence-corrected chi connectivity index (χ3v) is 4.12. The summed E-state index contributed by atoms with van der Waals surface area (Å²) in [4.78, 5) is 12.1. The number of esters is 1. The molecule has 0 aliphatic carbocycles. The van der Waals surface area contributed by atoms with Crippen LogP contribution < -0.4 is 4.72 Å². The summed E-state index contributed by atoms with van der Waals surface area (Å²) in [5, 5.41) is 0. The van der Waals surface area contributed by atoms with E-state index < -0.39 is 27.6 Å². The molecule has 0 heterocycles. The van der Waals surface area contributed by atoms with Gasteiger partial charge in [0.2, 0.25) is 10.0 Å². The van der Waals surface area contributed by atoms with E-state index in [2.05, 4.69) is 4.72 Å². The molecule has 0 spiro atoms. The van der Waals surface area contributed by atoms with Crippen molar-refractivity contribution in [2.75, 3.05) is 5.75 Å². The molecule has 6 heteroatoms. The smallest absolute Gasteiger partial charge is 0.324 e. The van der Waals surface area contributed by atoms with Gasteiger partial charge in [-0.05, 0) is 32.1 Å². The zero-order valence-electron chi connectivity index (χ0n) is 13.9. The van der Waals surface area contributed by atoms with Crippen molar-refractivity contribution < 1.29 is 17.9 Å². The van der Waals surface area contributed by atoms with Crippen LogP contribution in [0.2, 0.25) is 0 Å². The molecule has 0 amide bonds. The summed E-state index contributed by atoms with van der Waals surface area (Å²) in [5.41, 5.74) is -1.01. The first-order chi connectivity index (χ1) is 8.63. The molecular weight excluding hydrogens is 278 g/mol. The number of carbonyl (C=O) groups excluding carboxylic acids is 1. The van der Waals surface area contributed by atoms with Crippen molar-refractivity contribution in [1.82, 2.24) is 4.72 Å². The standard InChI is InChI=1S/C14H29NO4S/c1-10(2)11(12(16)19-14(6,7)8)15-20(17,18)9-13(3,4)5/h10-11,15H,9H2,1-8H3/t11-/m0/s1. The summed E-state index contributed by atoms with van der Waals surface area (Å²) in [6.45, 7) is 14.4. The second-order valence-electron chi connectivity index (χ2n) is 7.69. The molecule has 0 rings (SSSR count). The summed E-state index contributed by atoms with van der Waals surface area (Å²) >= 11 is 0. The Morgan fingerprint density at radius 2 is 1.55 bits per heavy atom. The number of ether oxygens (including phenoxy) is 1. The van der Waals surface area contributed by atoms with E-state index in [9.17, 15) is 13.2 Å². The van der Waals surface area contributed by atoms with Gasteiger partial charge in [0.1, 0.15) is 11.6 Å². The third-order valence-electron chi connectivity index (χ3n) is 2.26. The minimum atomic E-state index is -3.53. The highest BCUT2D eigenvalue weighted by molar-refractivity contribution is 7.89. The van der Waals surface area contributed by atoms with Crippen molar-refractivity contribution in [3.8, 4) is 0 Å². The van der Waals surface area contributed by atoms with Crippen molar-refractivity contribution in [1.29, 1.82) is 0 Å². The number of hydrogen-bond acceptors (Lipinski definition) is 4. The van der Waals surface area contributed by atoms with Gasteiger partial charge in [-0.2, -0.15) is 0 Å². The van der Waals surface area contributed by atoms with Gasteiger partial charge in [0.15, 0.2) is 0 Å². The van der Waals surface area contributed by atoms with E-state index in [0.717, 1.165) is 0 Å². The topological polar surface area (TPSA) is 72.5 Å². The zero-order valence-corrected chi connectivity index (χ0v) is 14.7. The van der Waals surface area contributed by atoms with Crippen LogP contribution in [-0.2, 0) is 19.6 Å². The molecule has 1 N–H and O–H groups in total. The van der Waals surface area contributed by atoms with Crippen molar-refractivity contribution in [2.45, 2.75) is 67.0 Å². The highest BCUT2D eigenvalue weighted by Gasteiger charge is 2.32. The van der Waals surface area contributed by atoms with Gasteiger partial charge in [-0.3, -0.25) is 4.79 Å². The second kappa shape index (κ2) is 6.43. The zero-order chi connectivity index (χ0) is 16.4. The van der Waals surface area contributed by atoms with Gasteiger partial charge in [-0.15, -0.1) is 0 Å². The van der Waals surface area contributed by atoms with E-state index >= 15 is 0 Å². The van der Waals surface area contributed by atoms with E-state index in [0.29, 0.717) is 0 Å². The molecule has 0 unspecified atom stereocenters. The summed E-state index contributed by atoms with van der Waals surface area (Å²) in [7, 11) is -3.53. The van der Waals surface area contributed by atoms with Gasteiger partial charge in [0.05, 0.1) is 5.75 Å². The molecule has 0 saturated carbocycles. The van der Waals surface area contributed by atoms with Gasteiger partial charge in [0.25, 0.3) is 0 Å². The van der Waals surface area contributed by atoms with E-state index in [1.807, 2.05) is 20.8 Å². The van der Waals surface area contributed by atoms with Gasteiger partial charge in [-0.25, -0.2) is 13.1 Å². The maximum absolute atomic E-state index is 12.1. The van der Waals surface area contributed by atoms with Crippen LogP contribution in [0, 0.1) is 11.3 Å². The molecular formula is C14H29NO4S. The quantitative estimate of drug-likeness (QED) is 0.791. The molecule has 0 aliphatic rings. The van der Waals surface area contributed by atoms with Crippen LogP contribution >= 0.6 is 0 Å². The minimum absolute atomic E-state index is 0.0357. The maximum atomic E-state index is 12.1. The Labute approximate surface area is 123 Å². The predicted octanol–water partition coefficient (Wildman–Crippen LogP) is 2.32. The van der Waals surface area contributed by atoms with E-state index in [1.165, 1.54) is 0 Å². The number of sulfonamides is 1. The molecule has 0 aromatic rings. The average Bonchev–Trinajstić information content (AvgIpc) is 2.06. The van der Waals surface area contributed by atoms with Crippen molar-refractivity contribution in [2.24, 2.45) is 11.3 Å². The summed E-state index contributed by atoms with van der Waals surface area (Å²) in [6, 6.07) is -0.860. The Morgan fingerprint density at radius 3 is 1.85 bits per heavy atom. The Kier molecular flexibility index (Phi) is 6.23. The second-order valence-corrected chi connectivity index (χ2v) is 9.45. The molecule has 5 nitrogen and oxygen atoms in total. The number of nitrogens with one attached hydrogen (secondary N) is 1. The van der Waals surface area contributed by atoms with Crippen LogP contribution in [0.25, 0.3) is 0 Å².